The first-order valence-electron chi connectivity index (χ1n) is 10.2. The van der Waals surface area contributed by atoms with Crippen molar-refractivity contribution in [3.8, 4) is 15.6 Å². The molecule has 0 amide bonds. The zero-order chi connectivity index (χ0) is 21.8. The van der Waals surface area contributed by atoms with Crippen LogP contribution in [0.2, 0.25) is 0 Å². The molecule has 0 spiro atoms. The molecule has 1 aliphatic heterocycles. The van der Waals surface area contributed by atoms with E-state index in [1.165, 1.54) is 17.4 Å². The highest BCUT2D eigenvalue weighted by Crippen LogP contribution is 2.31. The van der Waals surface area contributed by atoms with E-state index in [1.807, 2.05) is 12.4 Å². The lowest BCUT2D eigenvalue weighted by Gasteiger charge is -2.31. The van der Waals surface area contributed by atoms with Crippen LogP contribution >= 0.6 is 11.3 Å². The molecule has 0 unspecified atom stereocenters. The van der Waals surface area contributed by atoms with Crippen LogP contribution in [0.15, 0.2) is 41.9 Å². The van der Waals surface area contributed by atoms with Crippen molar-refractivity contribution in [2.75, 3.05) is 30.9 Å². The van der Waals surface area contributed by atoms with Gasteiger partial charge in [0.05, 0.1) is 11.5 Å². The summed E-state index contributed by atoms with van der Waals surface area (Å²) in [4.78, 5) is 20.5. The van der Waals surface area contributed by atoms with Crippen molar-refractivity contribution < 1.29 is 13.2 Å². The zero-order valence-corrected chi connectivity index (χ0v) is 19.2. The minimum absolute atomic E-state index is 0.0651. The number of nitrogens with zero attached hydrogens (tertiary/aromatic N) is 5. The summed E-state index contributed by atoms with van der Waals surface area (Å²) in [5.41, 5.74) is 1.97. The molecule has 1 fully saturated rings. The molecule has 3 aromatic heterocycles. The largest absolute Gasteiger partial charge is 0.470 e. The van der Waals surface area contributed by atoms with Gasteiger partial charge in [-0.15, -0.1) is 0 Å². The number of sulfone groups is 1. The van der Waals surface area contributed by atoms with Gasteiger partial charge in [-0.2, -0.15) is 0 Å². The van der Waals surface area contributed by atoms with Gasteiger partial charge < -0.3 is 9.64 Å². The molecular weight excluding hydrogens is 434 g/mol. The summed E-state index contributed by atoms with van der Waals surface area (Å²) in [5, 5.41) is 0.679. The second kappa shape index (κ2) is 9.27. The van der Waals surface area contributed by atoms with Gasteiger partial charge in [-0.05, 0) is 42.9 Å². The van der Waals surface area contributed by atoms with E-state index in [0.717, 1.165) is 60.6 Å². The molecule has 1 saturated heterocycles. The standard InChI is InChI=1S/C21H25N5O3S2/c1-3-15-10-23-20(24-11-15)26-8-6-16(7-9-26)14-29-21-25-13-18(30-21)17-4-5-19(22-12-17)31(2,27)28/h4-5,10-13,16H,3,6-9,14H2,1-2H3. The van der Waals surface area contributed by atoms with E-state index in [2.05, 4.69) is 31.8 Å². The van der Waals surface area contributed by atoms with Gasteiger partial charge >= 0.3 is 0 Å². The van der Waals surface area contributed by atoms with Crippen molar-refractivity contribution in [2.24, 2.45) is 5.92 Å². The predicted molar refractivity (Wildman–Crippen MR) is 120 cm³/mol. The number of ether oxygens (including phenoxy) is 1. The zero-order valence-electron chi connectivity index (χ0n) is 17.6. The summed E-state index contributed by atoms with van der Waals surface area (Å²) in [7, 11) is -3.30. The van der Waals surface area contributed by atoms with Crippen LogP contribution in [0.3, 0.4) is 0 Å². The first-order valence-corrected chi connectivity index (χ1v) is 12.9. The third kappa shape index (κ3) is 5.37. The molecule has 3 aromatic rings. The molecule has 31 heavy (non-hydrogen) atoms. The highest BCUT2D eigenvalue weighted by molar-refractivity contribution is 7.90. The fraction of sp³-hybridized carbons (Fsp3) is 0.429. The topological polar surface area (TPSA) is 98.2 Å². The van der Waals surface area contributed by atoms with E-state index in [4.69, 9.17) is 4.74 Å². The summed E-state index contributed by atoms with van der Waals surface area (Å²) in [5.74, 6) is 1.27. The molecule has 0 N–H and O–H groups in total. The van der Waals surface area contributed by atoms with Crippen molar-refractivity contribution in [2.45, 2.75) is 31.2 Å². The predicted octanol–water partition coefficient (Wildman–Crippen LogP) is 3.26. The number of aryl methyl sites for hydroxylation is 1. The molecule has 10 heteroatoms. The summed E-state index contributed by atoms with van der Waals surface area (Å²) in [6.45, 7) is 4.56. The molecule has 164 valence electrons. The van der Waals surface area contributed by atoms with Gasteiger partial charge in [0.15, 0.2) is 14.9 Å². The van der Waals surface area contributed by atoms with Crippen molar-refractivity contribution >= 4 is 27.1 Å². The molecule has 8 nitrogen and oxygen atoms in total. The number of rotatable bonds is 7. The van der Waals surface area contributed by atoms with Gasteiger partial charge in [0.1, 0.15) is 0 Å². The van der Waals surface area contributed by atoms with Crippen LogP contribution in [0.4, 0.5) is 5.95 Å². The monoisotopic (exact) mass is 459 g/mol. The quantitative estimate of drug-likeness (QED) is 0.531. The Morgan fingerprint density at radius 1 is 1.06 bits per heavy atom. The number of anilines is 1. The Morgan fingerprint density at radius 3 is 2.42 bits per heavy atom. The van der Waals surface area contributed by atoms with Gasteiger partial charge in [-0.1, -0.05) is 18.3 Å². The number of piperidine rings is 1. The Bertz CT molecular complexity index is 1110. The number of pyridine rings is 1. The van der Waals surface area contributed by atoms with Crippen LogP contribution < -0.4 is 9.64 Å². The Kier molecular flexibility index (Phi) is 6.47. The van der Waals surface area contributed by atoms with E-state index < -0.39 is 9.84 Å². The SMILES string of the molecule is CCc1cnc(N2CCC(COc3ncc(-c4ccc(S(C)(=O)=O)nc4)s3)CC2)nc1. The van der Waals surface area contributed by atoms with Crippen LogP contribution in [0, 0.1) is 5.92 Å². The van der Waals surface area contributed by atoms with Gasteiger partial charge in [0.2, 0.25) is 5.95 Å². The highest BCUT2D eigenvalue weighted by Gasteiger charge is 2.22. The van der Waals surface area contributed by atoms with Gasteiger partial charge in [0, 0.05) is 49.7 Å². The average molecular weight is 460 g/mol. The van der Waals surface area contributed by atoms with Crippen LogP contribution in [0.25, 0.3) is 10.4 Å². The minimum atomic E-state index is -3.30. The van der Waals surface area contributed by atoms with Gasteiger partial charge in [0.25, 0.3) is 5.19 Å². The van der Waals surface area contributed by atoms with Crippen LogP contribution in [-0.4, -0.2) is 54.3 Å². The molecule has 0 aromatic carbocycles. The number of hydrogen-bond donors (Lipinski definition) is 0. The van der Waals surface area contributed by atoms with Crippen molar-refractivity contribution in [1.29, 1.82) is 0 Å². The molecule has 4 rings (SSSR count). The fourth-order valence-corrected chi connectivity index (χ4v) is 4.71. The van der Waals surface area contributed by atoms with Gasteiger partial charge in [-0.25, -0.2) is 28.4 Å². The second-order valence-corrected chi connectivity index (χ2v) is 10.6. The van der Waals surface area contributed by atoms with E-state index in [-0.39, 0.29) is 5.03 Å². The van der Waals surface area contributed by atoms with Gasteiger partial charge in [-0.3, -0.25) is 0 Å². The molecule has 0 bridgehead atoms. The minimum Gasteiger partial charge on any atom is -0.470 e. The van der Waals surface area contributed by atoms with Crippen molar-refractivity contribution in [3.05, 3.63) is 42.5 Å². The lowest BCUT2D eigenvalue weighted by molar-refractivity contribution is 0.221. The van der Waals surface area contributed by atoms with Crippen LogP contribution in [-0.2, 0) is 16.3 Å². The second-order valence-electron chi connectivity index (χ2n) is 7.63. The molecular formula is C21H25N5O3S2. The van der Waals surface area contributed by atoms with Crippen molar-refractivity contribution in [3.63, 3.8) is 0 Å². The van der Waals surface area contributed by atoms with E-state index in [0.29, 0.717) is 17.7 Å². The van der Waals surface area contributed by atoms with Crippen LogP contribution in [0.5, 0.6) is 5.19 Å². The first-order chi connectivity index (χ1) is 14.9. The van der Waals surface area contributed by atoms with E-state index in [1.54, 1.807) is 18.5 Å². The summed E-state index contributed by atoms with van der Waals surface area (Å²) in [6.07, 6.45) is 11.2. The normalized spacial score (nSPS) is 15.2. The average Bonchev–Trinajstić information content (AvgIpc) is 3.27. The number of aromatic nitrogens is 4. The Labute approximate surface area is 186 Å². The number of hydrogen-bond acceptors (Lipinski definition) is 9. The Balaban J connectivity index is 1.28. The smallest absolute Gasteiger partial charge is 0.273 e. The molecule has 0 aliphatic carbocycles. The molecule has 1 aliphatic rings. The summed E-state index contributed by atoms with van der Waals surface area (Å²) >= 11 is 1.44. The molecule has 0 saturated carbocycles. The summed E-state index contributed by atoms with van der Waals surface area (Å²) in [6, 6.07) is 3.25. The maximum absolute atomic E-state index is 11.5. The molecule has 0 atom stereocenters. The van der Waals surface area contributed by atoms with Crippen molar-refractivity contribution in [1.82, 2.24) is 19.9 Å². The molecule has 0 radical (unpaired) electrons. The first kappa shape index (κ1) is 21.6. The van der Waals surface area contributed by atoms with Crippen LogP contribution in [0.1, 0.15) is 25.3 Å². The van der Waals surface area contributed by atoms with E-state index >= 15 is 0 Å². The molecule has 4 heterocycles. The lowest BCUT2D eigenvalue weighted by atomic mass is 9.98. The lowest BCUT2D eigenvalue weighted by Crippen LogP contribution is -2.36. The summed E-state index contributed by atoms with van der Waals surface area (Å²) < 4.78 is 29.0. The maximum Gasteiger partial charge on any atom is 0.273 e. The third-order valence-electron chi connectivity index (χ3n) is 5.33. The Morgan fingerprint density at radius 2 is 1.81 bits per heavy atom. The fourth-order valence-electron chi connectivity index (χ4n) is 3.39. The maximum atomic E-state index is 11.5. The number of thiazole rings is 1. The Hall–Kier alpha value is -2.59. The third-order valence-corrected chi connectivity index (χ3v) is 7.29. The highest BCUT2D eigenvalue weighted by atomic mass is 32.2. The van der Waals surface area contributed by atoms with E-state index in [9.17, 15) is 8.42 Å².